The second kappa shape index (κ2) is 1.49. The van der Waals surface area contributed by atoms with E-state index in [0.717, 1.165) is 6.42 Å². The Bertz CT molecular complexity index is 149. The molecule has 2 aliphatic heterocycles. The van der Waals surface area contributed by atoms with Crippen LogP contribution in [0.1, 0.15) is 26.2 Å². The van der Waals surface area contributed by atoms with Crippen molar-refractivity contribution in [2.24, 2.45) is 0 Å². The maximum absolute atomic E-state index is 10.8. The molecule has 50 valence electrons. The van der Waals surface area contributed by atoms with E-state index in [1.165, 1.54) is 12.8 Å². The predicted molar refractivity (Wildman–Crippen MR) is 33.9 cm³/mol. The SMILES string of the molecule is CC1CC[C@@H]2CC(=O)N12. The fraction of sp³-hybridized carbons (Fsp3) is 0.857. The minimum absolute atomic E-state index is 0.366. The Morgan fingerprint density at radius 1 is 1.56 bits per heavy atom. The van der Waals surface area contributed by atoms with Gasteiger partial charge in [0.05, 0.1) is 0 Å². The minimum Gasteiger partial charge on any atom is -0.336 e. The minimum atomic E-state index is 0.366. The van der Waals surface area contributed by atoms with Gasteiger partial charge < -0.3 is 4.90 Å². The lowest BCUT2D eigenvalue weighted by molar-refractivity contribution is -0.145. The van der Waals surface area contributed by atoms with E-state index in [1.807, 2.05) is 4.90 Å². The molecule has 2 nitrogen and oxygen atoms in total. The van der Waals surface area contributed by atoms with Gasteiger partial charge in [-0.25, -0.2) is 0 Å². The van der Waals surface area contributed by atoms with Crippen LogP contribution in [0.4, 0.5) is 0 Å². The van der Waals surface area contributed by atoms with Crippen molar-refractivity contribution in [1.82, 2.24) is 4.90 Å². The molecule has 1 amide bonds. The molecule has 0 aromatic rings. The quantitative estimate of drug-likeness (QED) is 0.438. The molecular weight excluding hydrogens is 114 g/mol. The van der Waals surface area contributed by atoms with Gasteiger partial charge in [0, 0.05) is 18.5 Å². The number of β-lactam (4-membered cyclic amide) rings is 1. The monoisotopic (exact) mass is 125 g/mol. The second-order valence-corrected chi connectivity index (χ2v) is 3.09. The molecule has 2 atom stereocenters. The van der Waals surface area contributed by atoms with Crippen molar-refractivity contribution in [2.45, 2.75) is 38.3 Å². The Hall–Kier alpha value is -0.530. The van der Waals surface area contributed by atoms with Crippen LogP contribution in [-0.4, -0.2) is 22.9 Å². The van der Waals surface area contributed by atoms with Crippen molar-refractivity contribution in [3.05, 3.63) is 0 Å². The Kier molecular flexibility index (Phi) is 0.875. The molecule has 0 bridgehead atoms. The summed E-state index contributed by atoms with van der Waals surface area (Å²) in [5.74, 6) is 0.366. The van der Waals surface area contributed by atoms with Gasteiger partial charge in [0.15, 0.2) is 0 Å². The molecule has 0 aliphatic carbocycles. The molecule has 0 saturated carbocycles. The van der Waals surface area contributed by atoms with Gasteiger partial charge in [0.25, 0.3) is 0 Å². The number of rotatable bonds is 0. The molecule has 2 fully saturated rings. The van der Waals surface area contributed by atoms with Crippen LogP contribution >= 0.6 is 0 Å². The van der Waals surface area contributed by atoms with Crippen LogP contribution in [0.15, 0.2) is 0 Å². The average molecular weight is 125 g/mol. The molecule has 0 N–H and O–H groups in total. The van der Waals surface area contributed by atoms with E-state index in [0.29, 0.717) is 18.0 Å². The van der Waals surface area contributed by atoms with Crippen LogP contribution in [-0.2, 0) is 4.79 Å². The van der Waals surface area contributed by atoms with Gasteiger partial charge in [-0.2, -0.15) is 0 Å². The van der Waals surface area contributed by atoms with Crippen LogP contribution in [0.25, 0.3) is 0 Å². The van der Waals surface area contributed by atoms with E-state index >= 15 is 0 Å². The van der Waals surface area contributed by atoms with Gasteiger partial charge in [-0.3, -0.25) is 4.79 Å². The number of fused-ring (bicyclic) bond motifs is 1. The van der Waals surface area contributed by atoms with Crippen molar-refractivity contribution in [3.8, 4) is 0 Å². The number of amides is 1. The van der Waals surface area contributed by atoms with E-state index in [2.05, 4.69) is 6.92 Å². The van der Waals surface area contributed by atoms with Crippen molar-refractivity contribution >= 4 is 5.91 Å². The highest BCUT2D eigenvalue weighted by molar-refractivity contribution is 5.83. The highest BCUT2D eigenvalue weighted by atomic mass is 16.2. The summed E-state index contributed by atoms with van der Waals surface area (Å²) in [6, 6.07) is 1.17. The zero-order valence-electron chi connectivity index (χ0n) is 5.63. The van der Waals surface area contributed by atoms with E-state index in [9.17, 15) is 4.79 Å². The van der Waals surface area contributed by atoms with E-state index < -0.39 is 0 Å². The molecule has 2 saturated heterocycles. The molecule has 9 heavy (non-hydrogen) atoms. The summed E-state index contributed by atoms with van der Waals surface area (Å²) in [6.07, 6.45) is 3.29. The lowest BCUT2D eigenvalue weighted by Gasteiger charge is -2.37. The van der Waals surface area contributed by atoms with Gasteiger partial charge in [-0.15, -0.1) is 0 Å². The first kappa shape index (κ1) is 5.27. The average Bonchev–Trinajstić information content (AvgIpc) is 2.04. The first-order valence-corrected chi connectivity index (χ1v) is 3.60. The number of carbonyl (C=O) groups is 1. The topological polar surface area (TPSA) is 20.3 Å². The maximum Gasteiger partial charge on any atom is 0.225 e. The van der Waals surface area contributed by atoms with Crippen LogP contribution < -0.4 is 0 Å². The fourth-order valence-electron chi connectivity index (χ4n) is 1.92. The smallest absolute Gasteiger partial charge is 0.225 e. The Morgan fingerprint density at radius 2 is 2.33 bits per heavy atom. The molecule has 0 aromatic carbocycles. The third-order valence-corrected chi connectivity index (χ3v) is 2.48. The van der Waals surface area contributed by atoms with Gasteiger partial charge in [0.2, 0.25) is 5.91 Å². The highest BCUT2D eigenvalue weighted by Crippen LogP contribution is 2.34. The first-order chi connectivity index (χ1) is 4.29. The molecule has 0 radical (unpaired) electrons. The lowest BCUT2D eigenvalue weighted by atomic mass is 10.0. The number of hydrogen-bond donors (Lipinski definition) is 0. The molecule has 0 aromatic heterocycles. The fourth-order valence-corrected chi connectivity index (χ4v) is 1.92. The second-order valence-electron chi connectivity index (χ2n) is 3.09. The van der Waals surface area contributed by atoms with E-state index in [-0.39, 0.29) is 0 Å². The molecule has 1 unspecified atom stereocenters. The summed E-state index contributed by atoms with van der Waals surface area (Å²) in [5.41, 5.74) is 0. The summed E-state index contributed by atoms with van der Waals surface area (Å²) in [4.78, 5) is 12.9. The van der Waals surface area contributed by atoms with Crippen LogP contribution in [0.3, 0.4) is 0 Å². The van der Waals surface area contributed by atoms with Gasteiger partial charge in [-0.05, 0) is 19.8 Å². The molecular formula is C7H11NO. The molecule has 2 rings (SSSR count). The summed E-state index contributed by atoms with van der Waals surface area (Å²) in [5, 5.41) is 0. The summed E-state index contributed by atoms with van der Waals surface area (Å²) >= 11 is 0. The molecule has 2 heteroatoms. The highest BCUT2D eigenvalue weighted by Gasteiger charge is 2.43. The Morgan fingerprint density at radius 3 is 2.78 bits per heavy atom. The van der Waals surface area contributed by atoms with Crippen molar-refractivity contribution in [2.75, 3.05) is 0 Å². The standard InChI is InChI=1S/C7H11NO/c1-5-2-3-6-4-7(9)8(5)6/h5-6H,2-4H2,1H3/t5?,6-/m1/s1. The third kappa shape index (κ3) is 0.533. The molecule has 0 spiro atoms. The largest absolute Gasteiger partial charge is 0.336 e. The van der Waals surface area contributed by atoms with Gasteiger partial charge in [0.1, 0.15) is 0 Å². The van der Waals surface area contributed by atoms with Gasteiger partial charge in [-0.1, -0.05) is 0 Å². The first-order valence-electron chi connectivity index (χ1n) is 3.60. The van der Waals surface area contributed by atoms with Crippen LogP contribution in [0, 0.1) is 0 Å². The normalized spacial score (nSPS) is 40.6. The summed E-state index contributed by atoms with van der Waals surface area (Å²) in [6.45, 7) is 2.14. The number of carbonyl (C=O) groups excluding carboxylic acids is 1. The summed E-state index contributed by atoms with van der Waals surface area (Å²) in [7, 11) is 0. The van der Waals surface area contributed by atoms with E-state index in [4.69, 9.17) is 0 Å². The van der Waals surface area contributed by atoms with Crippen molar-refractivity contribution < 1.29 is 4.79 Å². The number of hydrogen-bond acceptors (Lipinski definition) is 1. The van der Waals surface area contributed by atoms with Crippen LogP contribution in [0.5, 0.6) is 0 Å². The molecule has 2 aliphatic rings. The van der Waals surface area contributed by atoms with Crippen molar-refractivity contribution in [3.63, 3.8) is 0 Å². The number of nitrogens with zero attached hydrogens (tertiary/aromatic N) is 1. The zero-order chi connectivity index (χ0) is 6.43. The molecule has 2 heterocycles. The van der Waals surface area contributed by atoms with Crippen LogP contribution in [0.2, 0.25) is 0 Å². The summed E-state index contributed by atoms with van der Waals surface area (Å²) < 4.78 is 0. The Labute approximate surface area is 54.8 Å². The van der Waals surface area contributed by atoms with Crippen molar-refractivity contribution in [1.29, 1.82) is 0 Å². The third-order valence-electron chi connectivity index (χ3n) is 2.48. The van der Waals surface area contributed by atoms with Gasteiger partial charge >= 0.3 is 0 Å². The Balaban J connectivity index is 2.14. The predicted octanol–water partition coefficient (Wildman–Crippen LogP) is 0.770. The lowest BCUT2D eigenvalue weighted by Crippen LogP contribution is -2.51. The van der Waals surface area contributed by atoms with E-state index in [1.54, 1.807) is 0 Å². The zero-order valence-corrected chi connectivity index (χ0v) is 5.63. The maximum atomic E-state index is 10.8.